The van der Waals surface area contributed by atoms with Crippen LogP contribution in [0.4, 0.5) is 0 Å². The molecule has 3 aromatic rings. The molecule has 8 rings (SSSR count). The largest absolute Gasteiger partial charge is 0.423 e. The number of imide groups is 1. The molecule has 8 nitrogen and oxygen atoms in total. The van der Waals surface area contributed by atoms with E-state index in [-0.39, 0.29) is 33.7 Å². The molecule has 9 heteroatoms. The maximum Gasteiger partial charge on any atom is 0.343 e. The highest BCUT2D eigenvalue weighted by Gasteiger charge is 2.68. The maximum absolute atomic E-state index is 13.9. The summed E-state index contributed by atoms with van der Waals surface area (Å²) >= 11 is 6.34. The van der Waals surface area contributed by atoms with Crippen LogP contribution in [0.3, 0.4) is 0 Å². The fourth-order valence-electron chi connectivity index (χ4n) is 6.98. The number of nitrogens with zero attached hydrogens (tertiary/aromatic N) is 2. The van der Waals surface area contributed by atoms with E-state index in [1.807, 2.05) is 31.2 Å². The first-order valence-electron chi connectivity index (χ1n) is 14.3. The number of halogens is 1. The highest BCUT2D eigenvalue weighted by Crippen LogP contribution is 2.65. The minimum absolute atomic E-state index is 0.0374. The van der Waals surface area contributed by atoms with Crippen molar-refractivity contribution in [3.63, 3.8) is 0 Å². The average molecular weight is 595 g/mol. The van der Waals surface area contributed by atoms with Crippen molar-refractivity contribution in [3.8, 4) is 5.75 Å². The van der Waals surface area contributed by atoms with Crippen molar-refractivity contribution in [2.24, 2.45) is 35.5 Å². The van der Waals surface area contributed by atoms with Gasteiger partial charge < -0.3 is 4.74 Å². The van der Waals surface area contributed by atoms with Crippen LogP contribution >= 0.6 is 11.6 Å². The molecule has 4 aliphatic carbocycles. The fraction of sp³-hybridized carbons (Fsp3) is 0.265. The molecule has 5 aliphatic rings. The number of benzene rings is 3. The summed E-state index contributed by atoms with van der Waals surface area (Å²) < 4.78 is 5.43. The molecule has 1 saturated heterocycles. The van der Waals surface area contributed by atoms with Gasteiger partial charge in [0.2, 0.25) is 0 Å². The lowest BCUT2D eigenvalue weighted by molar-refractivity contribution is -0.154. The number of carbonyl (C=O) groups excluding carboxylic acids is 5. The Kier molecular flexibility index (Phi) is 6.54. The first-order valence-corrected chi connectivity index (χ1v) is 14.7. The smallest absolute Gasteiger partial charge is 0.343 e. The van der Waals surface area contributed by atoms with Crippen molar-refractivity contribution in [3.05, 3.63) is 112 Å². The molecule has 3 fully saturated rings. The van der Waals surface area contributed by atoms with Gasteiger partial charge in [0, 0.05) is 5.56 Å². The van der Waals surface area contributed by atoms with E-state index in [4.69, 9.17) is 16.3 Å². The Morgan fingerprint density at radius 2 is 1.42 bits per heavy atom. The summed E-state index contributed by atoms with van der Waals surface area (Å²) in [5, 5.41) is 1.99. The molecule has 43 heavy (non-hydrogen) atoms. The summed E-state index contributed by atoms with van der Waals surface area (Å²) in [6, 6.07) is 19.2. The number of hydrogen-bond donors (Lipinski definition) is 0. The van der Waals surface area contributed by atoms with Crippen LogP contribution in [-0.2, 0) is 9.59 Å². The zero-order valence-corrected chi connectivity index (χ0v) is 23.9. The Balaban J connectivity index is 1.14. The van der Waals surface area contributed by atoms with Gasteiger partial charge in [0.25, 0.3) is 17.7 Å². The van der Waals surface area contributed by atoms with Crippen LogP contribution in [0.15, 0.2) is 84.9 Å². The minimum Gasteiger partial charge on any atom is -0.423 e. The maximum atomic E-state index is 13.9. The second-order valence-corrected chi connectivity index (χ2v) is 12.1. The molecule has 2 saturated carbocycles. The molecule has 3 aromatic carbocycles. The van der Waals surface area contributed by atoms with Crippen molar-refractivity contribution >= 4 is 41.1 Å². The van der Waals surface area contributed by atoms with E-state index in [2.05, 4.69) is 0 Å². The van der Waals surface area contributed by atoms with E-state index in [9.17, 15) is 24.0 Å². The van der Waals surface area contributed by atoms with Crippen LogP contribution in [0.25, 0.3) is 0 Å². The molecular formula is C34H27ClN2O6. The summed E-state index contributed by atoms with van der Waals surface area (Å²) in [4.78, 5) is 67.6. The lowest BCUT2D eigenvalue weighted by Crippen LogP contribution is -2.52. The summed E-state index contributed by atoms with van der Waals surface area (Å²) in [5.74, 6) is -2.79. The number of ether oxygens (including phenoxy) is 1. The molecule has 1 aliphatic heterocycles. The third-order valence-electron chi connectivity index (χ3n) is 9.19. The van der Waals surface area contributed by atoms with Crippen LogP contribution in [0.1, 0.15) is 43.1 Å². The average Bonchev–Trinajstić information content (AvgIpc) is 3.79. The molecule has 216 valence electrons. The van der Waals surface area contributed by atoms with Crippen molar-refractivity contribution in [1.29, 1.82) is 0 Å². The van der Waals surface area contributed by atoms with Gasteiger partial charge in [-0.3, -0.25) is 19.2 Å². The Labute approximate surface area is 252 Å². The summed E-state index contributed by atoms with van der Waals surface area (Å²) in [6.45, 7) is 1.36. The SMILES string of the molecule is Cc1ccc(C(=O)Oc2ccc(C(=O)CN(C(=O)c3ccccc3Cl)N3C(=O)[C@@H]4[C@H]5C=C[C@@H]([C@@H]6C[C@@H]56)[C@H]4C3=O)cc2)cc1. The van der Waals surface area contributed by atoms with Gasteiger partial charge in [-0.2, -0.15) is 5.01 Å². The van der Waals surface area contributed by atoms with Crippen LogP contribution < -0.4 is 4.74 Å². The quantitative estimate of drug-likeness (QED) is 0.123. The fourth-order valence-corrected chi connectivity index (χ4v) is 7.19. The van der Waals surface area contributed by atoms with E-state index in [0.717, 1.165) is 22.0 Å². The van der Waals surface area contributed by atoms with Crippen LogP contribution in [0.5, 0.6) is 5.75 Å². The predicted molar refractivity (Wildman–Crippen MR) is 156 cm³/mol. The minimum atomic E-state index is -0.714. The number of ketones is 1. The molecule has 3 amide bonds. The summed E-state index contributed by atoms with van der Waals surface area (Å²) in [6.07, 6.45) is 5.10. The van der Waals surface area contributed by atoms with Crippen molar-refractivity contribution in [1.82, 2.24) is 10.0 Å². The molecule has 6 atom stereocenters. The number of Topliss-reactive ketones (excluding diaryl/α,β-unsaturated/α-hetero) is 1. The molecule has 0 spiro atoms. The lowest BCUT2D eigenvalue weighted by Gasteiger charge is -2.37. The molecule has 0 radical (unpaired) electrons. The topological polar surface area (TPSA) is 101 Å². The van der Waals surface area contributed by atoms with E-state index in [0.29, 0.717) is 17.4 Å². The van der Waals surface area contributed by atoms with Crippen LogP contribution in [0.2, 0.25) is 5.02 Å². The van der Waals surface area contributed by atoms with E-state index < -0.39 is 47.9 Å². The molecule has 0 aromatic heterocycles. The third kappa shape index (κ3) is 4.57. The van der Waals surface area contributed by atoms with Crippen LogP contribution in [0, 0.1) is 42.4 Å². The number of amides is 3. The van der Waals surface area contributed by atoms with Crippen LogP contribution in [-0.4, -0.2) is 46.0 Å². The highest BCUT2D eigenvalue weighted by atomic mass is 35.5. The van der Waals surface area contributed by atoms with Gasteiger partial charge in [-0.05, 0) is 85.5 Å². The molecule has 2 bridgehead atoms. The Morgan fingerprint density at radius 3 is 2.02 bits per heavy atom. The Morgan fingerprint density at radius 1 is 0.837 bits per heavy atom. The normalized spacial score (nSPS) is 26.1. The van der Waals surface area contributed by atoms with Gasteiger partial charge in [0.15, 0.2) is 5.78 Å². The van der Waals surface area contributed by atoms with Gasteiger partial charge in [-0.25, -0.2) is 9.80 Å². The second kappa shape index (κ2) is 10.3. The van der Waals surface area contributed by atoms with Gasteiger partial charge in [0.1, 0.15) is 12.3 Å². The number of allylic oxidation sites excluding steroid dienone is 2. The zero-order valence-electron chi connectivity index (χ0n) is 23.2. The Bertz CT molecular complexity index is 1680. The second-order valence-electron chi connectivity index (χ2n) is 11.7. The monoisotopic (exact) mass is 594 g/mol. The van der Waals surface area contributed by atoms with Crippen molar-refractivity contribution in [2.45, 2.75) is 13.3 Å². The summed E-state index contributed by atoms with van der Waals surface area (Å²) in [7, 11) is 0. The first-order chi connectivity index (χ1) is 20.7. The highest BCUT2D eigenvalue weighted by molar-refractivity contribution is 6.34. The van der Waals surface area contributed by atoms with E-state index in [1.54, 1.807) is 24.3 Å². The van der Waals surface area contributed by atoms with Gasteiger partial charge >= 0.3 is 5.97 Å². The van der Waals surface area contributed by atoms with Gasteiger partial charge in [-0.15, -0.1) is 0 Å². The lowest BCUT2D eigenvalue weighted by atomic mass is 9.63. The van der Waals surface area contributed by atoms with E-state index >= 15 is 0 Å². The van der Waals surface area contributed by atoms with Crippen molar-refractivity contribution < 1.29 is 28.7 Å². The Hall–Kier alpha value is -4.56. The third-order valence-corrected chi connectivity index (χ3v) is 9.52. The standard InChI is InChI=1S/C34H27ClN2O6/c1-18-6-8-20(9-7-18)34(42)43-21-12-10-19(11-13-21)28(38)17-36(31(39)24-4-2-3-5-27(24)35)37-32(40)29-22-14-15-23(26-16-25(22)26)30(29)33(37)41/h2-15,22-23,25-26,29-30H,16-17H2,1H3/t22-,23-,25-,26-,29+,30+/m0/s1. The molecule has 0 unspecified atom stereocenters. The van der Waals surface area contributed by atoms with Crippen molar-refractivity contribution in [2.75, 3.05) is 6.54 Å². The molecular weight excluding hydrogens is 568 g/mol. The predicted octanol–water partition coefficient (Wildman–Crippen LogP) is 5.16. The number of aryl methyl sites for hydroxylation is 1. The number of rotatable bonds is 7. The first kappa shape index (κ1) is 27.3. The summed E-state index contributed by atoms with van der Waals surface area (Å²) in [5.41, 5.74) is 1.69. The number of esters is 1. The number of carbonyl (C=O) groups is 5. The van der Waals surface area contributed by atoms with E-state index in [1.165, 1.54) is 36.4 Å². The van der Waals surface area contributed by atoms with Gasteiger partial charge in [0.05, 0.1) is 28.0 Å². The molecule has 1 heterocycles. The zero-order chi connectivity index (χ0) is 30.0. The van der Waals surface area contributed by atoms with Gasteiger partial charge in [-0.1, -0.05) is 53.6 Å². The number of hydrogen-bond acceptors (Lipinski definition) is 6. The number of hydrazine groups is 1. The molecule has 0 N–H and O–H groups in total.